The number of nitrogens with one attached hydrogen (secondary N) is 2. The molecule has 0 aliphatic carbocycles. The summed E-state index contributed by atoms with van der Waals surface area (Å²) in [5.41, 5.74) is 2.47. The van der Waals surface area contributed by atoms with Crippen molar-refractivity contribution in [3.05, 3.63) is 78.1 Å². The van der Waals surface area contributed by atoms with Crippen LogP contribution in [0.3, 0.4) is 0 Å². The van der Waals surface area contributed by atoms with E-state index in [0.29, 0.717) is 35.0 Å². The molecule has 0 atom stereocenters. The number of carbonyl (C=O) groups excluding carboxylic acids is 2. The van der Waals surface area contributed by atoms with Gasteiger partial charge in [-0.1, -0.05) is 6.07 Å². The van der Waals surface area contributed by atoms with E-state index in [4.69, 9.17) is 9.47 Å². The number of hydrogen-bond acceptors (Lipinski definition) is 5. The number of methoxy groups -OCH3 is 1. The fourth-order valence-electron chi connectivity index (χ4n) is 2.63. The van der Waals surface area contributed by atoms with Crippen molar-refractivity contribution in [1.29, 1.82) is 0 Å². The van der Waals surface area contributed by atoms with Gasteiger partial charge in [0, 0.05) is 36.1 Å². The fourth-order valence-corrected chi connectivity index (χ4v) is 2.63. The van der Waals surface area contributed by atoms with E-state index in [1.54, 1.807) is 54.9 Å². The first-order valence-electron chi connectivity index (χ1n) is 8.94. The minimum Gasteiger partial charge on any atom is -0.495 e. The average Bonchev–Trinajstić information content (AvgIpc) is 2.73. The van der Waals surface area contributed by atoms with Gasteiger partial charge >= 0.3 is 0 Å². The van der Waals surface area contributed by atoms with Crippen LogP contribution in [0.4, 0.5) is 11.4 Å². The molecule has 0 aliphatic rings. The van der Waals surface area contributed by atoms with Crippen LogP contribution in [-0.4, -0.2) is 23.9 Å². The first kappa shape index (κ1) is 19.9. The van der Waals surface area contributed by atoms with Gasteiger partial charge in [0.2, 0.25) is 5.91 Å². The van der Waals surface area contributed by atoms with E-state index in [1.807, 2.05) is 12.1 Å². The Hall–Kier alpha value is -3.87. The van der Waals surface area contributed by atoms with Crippen molar-refractivity contribution in [3.8, 4) is 11.5 Å². The molecule has 29 heavy (non-hydrogen) atoms. The number of rotatable bonds is 7. The van der Waals surface area contributed by atoms with Gasteiger partial charge in [0.25, 0.3) is 5.91 Å². The minimum atomic E-state index is -0.275. The summed E-state index contributed by atoms with van der Waals surface area (Å²) in [6.07, 6.45) is 3.45. The van der Waals surface area contributed by atoms with Gasteiger partial charge in [0.15, 0.2) is 0 Å². The van der Waals surface area contributed by atoms with Crippen LogP contribution in [0.1, 0.15) is 22.8 Å². The van der Waals surface area contributed by atoms with E-state index in [1.165, 1.54) is 14.0 Å². The lowest BCUT2D eigenvalue weighted by Gasteiger charge is -2.12. The number of benzene rings is 2. The average molecular weight is 391 g/mol. The smallest absolute Gasteiger partial charge is 0.255 e. The van der Waals surface area contributed by atoms with Crippen molar-refractivity contribution in [2.75, 3.05) is 17.7 Å². The van der Waals surface area contributed by atoms with Crippen LogP contribution in [0.5, 0.6) is 11.5 Å². The second kappa shape index (κ2) is 9.36. The molecule has 2 N–H and O–H groups in total. The number of hydrogen-bond donors (Lipinski definition) is 2. The zero-order valence-electron chi connectivity index (χ0n) is 16.1. The molecule has 0 spiro atoms. The second-order valence-electron chi connectivity index (χ2n) is 6.22. The van der Waals surface area contributed by atoms with Crippen LogP contribution in [0.15, 0.2) is 67.0 Å². The quantitative estimate of drug-likeness (QED) is 0.638. The Morgan fingerprint density at radius 2 is 1.83 bits per heavy atom. The molecule has 0 saturated carbocycles. The zero-order valence-corrected chi connectivity index (χ0v) is 16.1. The van der Waals surface area contributed by atoms with E-state index >= 15 is 0 Å². The number of amides is 2. The maximum Gasteiger partial charge on any atom is 0.255 e. The van der Waals surface area contributed by atoms with Gasteiger partial charge < -0.3 is 20.1 Å². The fraction of sp³-hybridized carbons (Fsp3) is 0.136. The van der Waals surface area contributed by atoms with Gasteiger partial charge in [-0.3, -0.25) is 14.6 Å². The van der Waals surface area contributed by atoms with Crippen LogP contribution < -0.4 is 20.1 Å². The van der Waals surface area contributed by atoms with E-state index in [2.05, 4.69) is 15.6 Å². The van der Waals surface area contributed by atoms with Crippen LogP contribution >= 0.6 is 0 Å². The minimum absolute atomic E-state index is 0.228. The molecule has 148 valence electrons. The molecular formula is C22H21N3O4. The standard InChI is InChI=1S/C22H21N3O4/c1-15(26)24-20-12-18(7-10-21(20)28-2)25-22(27)17-5-8-19(9-6-17)29-14-16-4-3-11-23-13-16/h3-13H,14H2,1-2H3,(H,24,26)(H,25,27). The van der Waals surface area contributed by atoms with Crippen molar-refractivity contribution >= 4 is 23.2 Å². The van der Waals surface area contributed by atoms with E-state index in [-0.39, 0.29) is 11.8 Å². The predicted octanol–water partition coefficient (Wildman–Crippen LogP) is 3.88. The number of nitrogens with zero attached hydrogens (tertiary/aromatic N) is 1. The highest BCUT2D eigenvalue weighted by atomic mass is 16.5. The number of aromatic nitrogens is 1. The highest BCUT2D eigenvalue weighted by molar-refractivity contribution is 6.05. The Bertz CT molecular complexity index is 989. The van der Waals surface area contributed by atoms with Crippen molar-refractivity contribution in [3.63, 3.8) is 0 Å². The maximum atomic E-state index is 12.5. The van der Waals surface area contributed by atoms with Crippen molar-refractivity contribution in [1.82, 2.24) is 4.98 Å². The highest BCUT2D eigenvalue weighted by Crippen LogP contribution is 2.28. The first-order chi connectivity index (χ1) is 14.0. The number of pyridine rings is 1. The summed E-state index contributed by atoms with van der Waals surface area (Å²) >= 11 is 0. The van der Waals surface area contributed by atoms with Crippen molar-refractivity contribution < 1.29 is 19.1 Å². The van der Waals surface area contributed by atoms with Gasteiger partial charge in [0.1, 0.15) is 18.1 Å². The topological polar surface area (TPSA) is 89.6 Å². The molecule has 0 saturated heterocycles. The molecule has 3 rings (SSSR count). The largest absolute Gasteiger partial charge is 0.495 e. The lowest BCUT2D eigenvalue weighted by atomic mass is 10.2. The lowest BCUT2D eigenvalue weighted by molar-refractivity contribution is -0.114. The molecular weight excluding hydrogens is 370 g/mol. The van der Waals surface area contributed by atoms with Crippen LogP contribution in [0, 0.1) is 0 Å². The lowest BCUT2D eigenvalue weighted by Crippen LogP contribution is -2.13. The van der Waals surface area contributed by atoms with Gasteiger partial charge in [-0.2, -0.15) is 0 Å². The molecule has 0 aliphatic heterocycles. The molecule has 0 fully saturated rings. The molecule has 2 amide bonds. The summed E-state index contributed by atoms with van der Waals surface area (Å²) < 4.78 is 10.9. The van der Waals surface area contributed by atoms with Crippen molar-refractivity contribution in [2.45, 2.75) is 13.5 Å². The summed E-state index contributed by atoms with van der Waals surface area (Å²) in [5, 5.41) is 5.48. The normalized spacial score (nSPS) is 10.1. The van der Waals surface area contributed by atoms with Crippen LogP contribution in [0.25, 0.3) is 0 Å². The molecule has 1 heterocycles. The third-order valence-electron chi connectivity index (χ3n) is 4.01. The summed E-state index contributed by atoms with van der Waals surface area (Å²) in [5.74, 6) is 0.660. The number of ether oxygens (including phenoxy) is 2. The molecule has 0 bridgehead atoms. The molecule has 1 aromatic heterocycles. The monoisotopic (exact) mass is 391 g/mol. The maximum absolute atomic E-state index is 12.5. The second-order valence-corrected chi connectivity index (χ2v) is 6.22. The van der Waals surface area contributed by atoms with Crippen LogP contribution in [0.2, 0.25) is 0 Å². The Morgan fingerprint density at radius 3 is 2.48 bits per heavy atom. The number of carbonyl (C=O) groups is 2. The van der Waals surface area contributed by atoms with E-state index < -0.39 is 0 Å². The van der Waals surface area contributed by atoms with Gasteiger partial charge in [-0.15, -0.1) is 0 Å². The van der Waals surface area contributed by atoms with E-state index in [0.717, 1.165) is 5.56 Å². The number of anilines is 2. The van der Waals surface area contributed by atoms with E-state index in [9.17, 15) is 9.59 Å². The predicted molar refractivity (Wildman–Crippen MR) is 110 cm³/mol. The molecule has 7 nitrogen and oxygen atoms in total. The highest BCUT2D eigenvalue weighted by Gasteiger charge is 2.10. The molecule has 3 aromatic rings. The SMILES string of the molecule is COc1ccc(NC(=O)c2ccc(OCc3cccnc3)cc2)cc1NC(C)=O. The Morgan fingerprint density at radius 1 is 1.03 bits per heavy atom. The zero-order chi connectivity index (χ0) is 20.6. The van der Waals surface area contributed by atoms with Gasteiger partial charge in [-0.05, 0) is 48.5 Å². The van der Waals surface area contributed by atoms with Gasteiger partial charge in [0.05, 0.1) is 12.8 Å². The molecule has 2 aromatic carbocycles. The molecule has 0 unspecified atom stereocenters. The van der Waals surface area contributed by atoms with Crippen LogP contribution in [-0.2, 0) is 11.4 Å². The molecule has 0 radical (unpaired) electrons. The molecule has 7 heteroatoms. The van der Waals surface area contributed by atoms with Crippen molar-refractivity contribution in [2.24, 2.45) is 0 Å². The summed E-state index contributed by atoms with van der Waals surface area (Å²) in [7, 11) is 1.51. The summed E-state index contributed by atoms with van der Waals surface area (Å²) in [6.45, 7) is 1.81. The third kappa shape index (κ3) is 5.55. The Labute approximate surface area is 168 Å². The third-order valence-corrected chi connectivity index (χ3v) is 4.01. The summed E-state index contributed by atoms with van der Waals surface area (Å²) in [6, 6.07) is 15.6. The Kier molecular flexibility index (Phi) is 6.42. The summed E-state index contributed by atoms with van der Waals surface area (Å²) in [4.78, 5) is 27.9. The van der Waals surface area contributed by atoms with Gasteiger partial charge in [-0.25, -0.2) is 0 Å². The Balaban J connectivity index is 1.64. The first-order valence-corrected chi connectivity index (χ1v) is 8.94.